The summed E-state index contributed by atoms with van der Waals surface area (Å²) in [7, 11) is 1.31. The zero-order chi connectivity index (χ0) is 24.6. The fourth-order valence-corrected chi connectivity index (χ4v) is 4.58. The van der Waals surface area contributed by atoms with Crippen LogP contribution in [0.1, 0.15) is 29.4 Å². The van der Waals surface area contributed by atoms with Gasteiger partial charge in [-0.2, -0.15) is 0 Å². The minimum absolute atomic E-state index is 0.252. The predicted octanol–water partition coefficient (Wildman–Crippen LogP) is 5.67. The maximum Gasteiger partial charge on any atom is 0.340 e. The highest BCUT2D eigenvalue weighted by Crippen LogP contribution is 2.35. The van der Waals surface area contributed by atoms with Crippen molar-refractivity contribution in [3.63, 3.8) is 0 Å². The highest BCUT2D eigenvalue weighted by Gasteiger charge is 2.37. The molecule has 3 aromatic rings. The topological polar surface area (TPSA) is 64.4 Å². The molecule has 0 N–H and O–H groups in total. The standard InChI is InChI=1S/C26H23Cl2N3O3/c1-15-10-19(16(2)31(15)23-12-20(27)7-8-22(23)28)11-21-24(26(33)34-4)17(3)30(25(21)32)14-18-6-5-9-29-13-18/h5-13H,14H2,1-4H3/b21-11-. The highest BCUT2D eigenvalue weighted by atomic mass is 35.5. The van der Waals surface area contributed by atoms with E-state index in [1.807, 2.05) is 36.6 Å². The number of aromatic nitrogens is 2. The number of hydrogen-bond acceptors (Lipinski definition) is 4. The number of carbonyl (C=O) groups excluding carboxylic acids is 2. The Morgan fingerprint density at radius 3 is 2.59 bits per heavy atom. The van der Waals surface area contributed by atoms with Gasteiger partial charge in [0.25, 0.3) is 5.91 Å². The molecule has 1 amide bonds. The zero-order valence-corrected chi connectivity index (χ0v) is 20.7. The second-order valence-corrected chi connectivity index (χ2v) is 8.86. The van der Waals surface area contributed by atoms with Gasteiger partial charge in [0, 0.05) is 34.5 Å². The van der Waals surface area contributed by atoms with Gasteiger partial charge in [-0.25, -0.2) is 4.79 Å². The van der Waals surface area contributed by atoms with Crippen LogP contribution >= 0.6 is 23.2 Å². The van der Waals surface area contributed by atoms with Crippen molar-refractivity contribution >= 4 is 41.2 Å². The number of aryl methyl sites for hydroxylation is 1. The first-order chi connectivity index (χ1) is 16.2. The van der Waals surface area contributed by atoms with Gasteiger partial charge in [0.2, 0.25) is 0 Å². The third-order valence-electron chi connectivity index (χ3n) is 5.88. The van der Waals surface area contributed by atoms with Crippen LogP contribution in [0.4, 0.5) is 0 Å². The van der Waals surface area contributed by atoms with Crippen molar-refractivity contribution < 1.29 is 14.3 Å². The predicted molar refractivity (Wildman–Crippen MR) is 133 cm³/mol. The van der Waals surface area contributed by atoms with Crippen LogP contribution in [0.15, 0.2) is 65.6 Å². The first kappa shape index (κ1) is 23.8. The summed E-state index contributed by atoms with van der Waals surface area (Å²) in [4.78, 5) is 31.8. The quantitative estimate of drug-likeness (QED) is 0.337. The molecule has 8 heteroatoms. The minimum Gasteiger partial charge on any atom is -0.465 e. The summed E-state index contributed by atoms with van der Waals surface area (Å²) in [6.07, 6.45) is 5.10. The molecule has 1 aliphatic heterocycles. The molecule has 0 saturated carbocycles. The van der Waals surface area contributed by atoms with Gasteiger partial charge in [0.15, 0.2) is 0 Å². The Kier molecular flexibility index (Phi) is 6.64. The van der Waals surface area contributed by atoms with Crippen LogP contribution in [0.5, 0.6) is 0 Å². The maximum atomic E-state index is 13.5. The van der Waals surface area contributed by atoms with Crippen LogP contribution in [0.3, 0.4) is 0 Å². The number of benzene rings is 1. The number of amides is 1. The summed E-state index contributed by atoms with van der Waals surface area (Å²) >= 11 is 12.7. The number of nitrogens with zero attached hydrogens (tertiary/aromatic N) is 3. The Hall–Kier alpha value is -3.35. The molecule has 174 valence electrons. The summed E-state index contributed by atoms with van der Waals surface area (Å²) in [5, 5.41) is 1.12. The lowest BCUT2D eigenvalue weighted by molar-refractivity contribution is -0.136. The summed E-state index contributed by atoms with van der Waals surface area (Å²) in [5.41, 5.74) is 5.22. The van der Waals surface area contributed by atoms with Crippen molar-refractivity contribution in [1.29, 1.82) is 0 Å². The monoisotopic (exact) mass is 495 g/mol. The normalized spacial score (nSPS) is 14.9. The van der Waals surface area contributed by atoms with E-state index in [0.29, 0.717) is 22.3 Å². The van der Waals surface area contributed by atoms with Crippen molar-refractivity contribution in [2.45, 2.75) is 27.3 Å². The lowest BCUT2D eigenvalue weighted by atomic mass is 10.0. The molecule has 0 radical (unpaired) electrons. The van der Waals surface area contributed by atoms with Gasteiger partial charge >= 0.3 is 5.97 Å². The lowest BCUT2D eigenvalue weighted by Gasteiger charge is -2.17. The van der Waals surface area contributed by atoms with E-state index in [4.69, 9.17) is 27.9 Å². The van der Waals surface area contributed by atoms with E-state index in [0.717, 1.165) is 28.2 Å². The first-order valence-electron chi connectivity index (χ1n) is 10.6. The van der Waals surface area contributed by atoms with Crippen LogP contribution in [0.25, 0.3) is 11.8 Å². The van der Waals surface area contributed by atoms with Crippen LogP contribution in [0.2, 0.25) is 10.0 Å². The largest absolute Gasteiger partial charge is 0.465 e. The smallest absolute Gasteiger partial charge is 0.340 e. The molecule has 3 heterocycles. The molecular formula is C26H23Cl2N3O3. The maximum absolute atomic E-state index is 13.5. The molecule has 4 rings (SSSR count). The molecule has 2 aromatic heterocycles. The van der Waals surface area contributed by atoms with Crippen LogP contribution in [-0.4, -0.2) is 33.4 Å². The summed E-state index contributed by atoms with van der Waals surface area (Å²) in [6.45, 7) is 5.92. The molecule has 6 nitrogen and oxygen atoms in total. The van der Waals surface area contributed by atoms with E-state index in [1.165, 1.54) is 7.11 Å². The van der Waals surface area contributed by atoms with Gasteiger partial charge in [-0.3, -0.25) is 9.78 Å². The summed E-state index contributed by atoms with van der Waals surface area (Å²) < 4.78 is 6.98. The second kappa shape index (κ2) is 9.49. The number of ether oxygens (including phenoxy) is 1. The van der Waals surface area contributed by atoms with Gasteiger partial charge in [0.1, 0.15) is 0 Å². The average molecular weight is 496 g/mol. The van der Waals surface area contributed by atoms with Crippen molar-refractivity contribution in [3.05, 3.63) is 98.2 Å². The molecule has 0 fully saturated rings. The van der Waals surface area contributed by atoms with Crippen molar-refractivity contribution in [3.8, 4) is 5.69 Å². The molecule has 0 bridgehead atoms. The highest BCUT2D eigenvalue weighted by molar-refractivity contribution is 6.34. The number of pyridine rings is 1. The second-order valence-electron chi connectivity index (χ2n) is 8.02. The SMILES string of the molecule is COC(=O)C1=C(C)N(Cc2cccnc2)C(=O)/C1=C\c1cc(C)n(-c2cc(Cl)ccc2Cl)c1C. The lowest BCUT2D eigenvalue weighted by Crippen LogP contribution is -2.24. The van der Waals surface area contributed by atoms with E-state index >= 15 is 0 Å². The summed E-state index contributed by atoms with van der Waals surface area (Å²) in [6, 6.07) is 10.9. The van der Waals surface area contributed by atoms with Gasteiger partial charge in [-0.05, 0) is 68.3 Å². The number of rotatable bonds is 5. The molecule has 1 aromatic carbocycles. The third kappa shape index (κ3) is 4.27. The Balaban J connectivity index is 1.81. The molecular weight excluding hydrogens is 473 g/mol. The van der Waals surface area contributed by atoms with Gasteiger partial charge in [-0.15, -0.1) is 0 Å². The Bertz CT molecular complexity index is 1360. The summed E-state index contributed by atoms with van der Waals surface area (Å²) in [5.74, 6) is -0.829. The van der Waals surface area contributed by atoms with E-state index in [1.54, 1.807) is 48.5 Å². The first-order valence-corrected chi connectivity index (χ1v) is 11.3. The molecule has 0 saturated heterocycles. The van der Waals surface area contributed by atoms with Gasteiger partial charge in [-0.1, -0.05) is 29.3 Å². The molecule has 1 aliphatic rings. The number of methoxy groups -OCH3 is 1. The van der Waals surface area contributed by atoms with Crippen molar-refractivity contribution in [2.24, 2.45) is 0 Å². The molecule has 0 unspecified atom stereocenters. The van der Waals surface area contributed by atoms with E-state index < -0.39 is 5.97 Å². The molecule has 34 heavy (non-hydrogen) atoms. The Morgan fingerprint density at radius 2 is 1.91 bits per heavy atom. The van der Waals surface area contributed by atoms with E-state index in [2.05, 4.69) is 4.98 Å². The fraction of sp³-hybridized carbons (Fsp3) is 0.192. The van der Waals surface area contributed by atoms with Crippen LogP contribution in [0, 0.1) is 13.8 Å². The van der Waals surface area contributed by atoms with E-state index in [-0.39, 0.29) is 17.1 Å². The van der Waals surface area contributed by atoms with Crippen molar-refractivity contribution in [1.82, 2.24) is 14.5 Å². The third-order valence-corrected chi connectivity index (χ3v) is 6.44. The van der Waals surface area contributed by atoms with Crippen molar-refractivity contribution in [2.75, 3.05) is 7.11 Å². The minimum atomic E-state index is -0.558. The number of halogens is 2. The van der Waals surface area contributed by atoms with Gasteiger partial charge in [0.05, 0.1) is 35.5 Å². The number of allylic oxidation sites excluding steroid dienone is 1. The molecule has 0 atom stereocenters. The molecule has 0 aliphatic carbocycles. The fourth-order valence-electron chi connectivity index (χ4n) is 4.21. The molecule has 0 spiro atoms. The number of carbonyl (C=O) groups is 2. The number of esters is 1. The Labute approximate surface area is 208 Å². The van der Waals surface area contributed by atoms with Crippen LogP contribution < -0.4 is 0 Å². The Morgan fingerprint density at radius 1 is 1.15 bits per heavy atom. The van der Waals surface area contributed by atoms with E-state index in [9.17, 15) is 9.59 Å². The average Bonchev–Trinajstić information content (AvgIpc) is 3.22. The number of hydrogen-bond donors (Lipinski definition) is 0. The van der Waals surface area contributed by atoms with Crippen LogP contribution in [-0.2, 0) is 20.9 Å². The zero-order valence-electron chi connectivity index (χ0n) is 19.2. The van der Waals surface area contributed by atoms with Gasteiger partial charge < -0.3 is 14.2 Å².